The molecule has 0 amide bonds. The second-order valence-electron chi connectivity index (χ2n) is 6.25. The van der Waals surface area contributed by atoms with Gasteiger partial charge in [-0.1, -0.05) is 39.0 Å². The SMILES string of the molecule is CC(C)(C)c1ccccc1NC1CCC(=O)CC1. The molecule has 0 radical (unpaired) electrons. The highest BCUT2D eigenvalue weighted by atomic mass is 16.1. The van der Waals surface area contributed by atoms with Gasteiger partial charge in [0.25, 0.3) is 0 Å². The van der Waals surface area contributed by atoms with Gasteiger partial charge in [-0.25, -0.2) is 0 Å². The van der Waals surface area contributed by atoms with E-state index >= 15 is 0 Å². The van der Waals surface area contributed by atoms with Gasteiger partial charge in [0.05, 0.1) is 0 Å². The normalized spacial score (nSPS) is 17.8. The summed E-state index contributed by atoms with van der Waals surface area (Å²) in [5, 5.41) is 3.62. The predicted molar refractivity (Wildman–Crippen MR) is 76.0 cm³/mol. The number of anilines is 1. The Morgan fingerprint density at radius 3 is 2.33 bits per heavy atom. The lowest BCUT2D eigenvalue weighted by Gasteiger charge is -2.28. The van der Waals surface area contributed by atoms with Gasteiger partial charge >= 0.3 is 0 Å². The van der Waals surface area contributed by atoms with E-state index in [0.29, 0.717) is 11.8 Å². The molecule has 2 nitrogen and oxygen atoms in total. The molecule has 1 aromatic rings. The van der Waals surface area contributed by atoms with E-state index in [2.05, 4.69) is 50.4 Å². The lowest BCUT2D eigenvalue weighted by atomic mass is 9.85. The third-order valence-corrected chi connectivity index (χ3v) is 3.64. The van der Waals surface area contributed by atoms with E-state index in [1.54, 1.807) is 0 Å². The fourth-order valence-corrected chi connectivity index (χ4v) is 2.57. The highest BCUT2D eigenvalue weighted by Crippen LogP contribution is 2.31. The molecular weight excluding hydrogens is 222 g/mol. The molecule has 0 saturated heterocycles. The van der Waals surface area contributed by atoms with Crippen molar-refractivity contribution in [3.63, 3.8) is 0 Å². The Hall–Kier alpha value is -1.31. The summed E-state index contributed by atoms with van der Waals surface area (Å²) in [7, 11) is 0. The molecule has 18 heavy (non-hydrogen) atoms. The van der Waals surface area contributed by atoms with Crippen LogP contribution in [0.2, 0.25) is 0 Å². The number of ketones is 1. The first-order valence-corrected chi connectivity index (χ1v) is 6.84. The third-order valence-electron chi connectivity index (χ3n) is 3.64. The van der Waals surface area contributed by atoms with Crippen LogP contribution in [-0.4, -0.2) is 11.8 Å². The van der Waals surface area contributed by atoms with Crippen LogP contribution in [0.25, 0.3) is 0 Å². The van der Waals surface area contributed by atoms with Crippen molar-refractivity contribution in [1.82, 2.24) is 0 Å². The molecule has 0 bridgehead atoms. The smallest absolute Gasteiger partial charge is 0.133 e. The van der Waals surface area contributed by atoms with Crippen LogP contribution in [0.4, 0.5) is 5.69 Å². The minimum absolute atomic E-state index is 0.147. The van der Waals surface area contributed by atoms with Gasteiger partial charge in [-0.2, -0.15) is 0 Å². The first-order valence-electron chi connectivity index (χ1n) is 6.84. The van der Waals surface area contributed by atoms with E-state index in [-0.39, 0.29) is 5.41 Å². The summed E-state index contributed by atoms with van der Waals surface area (Å²) in [5.41, 5.74) is 2.72. The Morgan fingerprint density at radius 1 is 1.11 bits per heavy atom. The van der Waals surface area contributed by atoms with Crippen LogP contribution in [-0.2, 0) is 10.2 Å². The maximum absolute atomic E-state index is 11.3. The average Bonchev–Trinajstić information content (AvgIpc) is 2.31. The van der Waals surface area contributed by atoms with Crippen LogP contribution in [0.1, 0.15) is 52.0 Å². The van der Waals surface area contributed by atoms with Crippen molar-refractivity contribution < 1.29 is 4.79 Å². The summed E-state index contributed by atoms with van der Waals surface area (Å²) in [6, 6.07) is 8.96. The highest BCUT2D eigenvalue weighted by Gasteiger charge is 2.22. The molecule has 0 spiro atoms. The molecule has 1 saturated carbocycles. The number of rotatable bonds is 2. The fraction of sp³-hybridized carbons (Fsp3) is 0.562. The fourth-order valence-electron chi connectivity index (χ4n) is 2.57. The number of benzene rings is 1. The Kier molecular flexibility index (Phi) is 3.74. The van der Waals surface area contributed by atoms with E-state index in [0.717, 1.165) is 25.7 Å². The van der Waals surface area contributed by atoms with E-state index in [1.165, 1.54) is 11.3 Å². The number of carbonyl (C=O) groups is 1. The molecule has 0 aromatic heterocycles. The molecule has 1 fully saturated rings. The monoisotopic (exact) mass is 245 g/mol. The zero-order chi connectivity index (χ0) is 13.2. The summed E-state index contributed by atoms with van der Waals surface area (Å²) >= 11 is 0. The van der Waals surface area contributed by atoms with Crippen LogP contribution < -0.4 is 5.32 Å². The van der Waals surface area contributed by atoms with Gasteiger partial charge in [-0.3, -0.25) is 4.79 Å². The van der Waals surface area contributed by atoms with E-state index < -0.39 is 0 Å². The van der Waals surface area contributed by atoms with Crippen molar-refractivity contribution >= 4 is 11.5 Å². The molecule has 0 atom stereocenters. The maximum Gasteiger partial charge on any atom is 0.133 e. The Morgan fingerprint density at radius 2 is 1.72 bits per heavy atom. The Bertz CT molecular complexity index is 421. The van der Waals surface area contributed by atoms with Crippen LogP contribution in [0.15, 0.2) is 24.3 Å². The third kappa shape index (κ3) is 3.12. The summed E-state index contributed by atoms with van der Waals surface area (Å²) in [4.78, 5) is 11.3. The molecule has 2 rings (SSSR count). The maximum atomic E-state index is 11.3. The molecule has 1 aliphatic carbocycles. The molecule has 0 unspecified atom stereocenters. The second kappa shape index (κ2) is 5.13. The lowest BCUT2D eigenvalue weighted by Crippen LogP contribution is -2.27. The van der Waals surface area contributed by atoms with Crippen molar-refractivity contribution in [3.8, 4) is 0 Å². The molecule has 1 aromatic carbocycles. The van der Waals surface area contributed by atoms with Crippen molar-refractivity contribution in [3.05, 3.63) is 29.8 Å². The quantitative estimate of drug-likeness (QED) is 0.856. The van der Waals surface area contributed by atoms with Gasteiger partial charge in [-0.05, 0) is 29.9 Å². The molecule has 2 heteroatoms. The van der Waals surface area contributed by atoms with Crippen molar-refractivity contribution in [2.45, 2.75) is 57.9 Å². The van der Waals surface area contributed by atoms with Crippen LogP contribution in [0.3, 0.4) is 0 Å². The van der Waals surface area contributed by atoms with Gasteiger partial charge in [0, 0.05) is 24.6 Å². The zero-order valence-electron chi connectivity index (χ0n) is 11.6. The standard InChI is InChI=1S/C16H23NO/c1-16(2,3)14-6-4-5-7-15(14)17-12-8-10-13(18)11-9-12/h4-7,12,17H,8-11H2,1-3H3. The van der Waals surface area contributed by atoms with E-state index in [1.807, 2.05) is 0 Å². The Labute approximate surface area is 110 Å². The molecular formula is C16H23NO. The van der Waals surface area contributed by atoms with Crippen molar-refractivity contribution in [2.24, 2.45) is 0 Å². The average molecular weight is 245 g/mol. The van der Waals surface area contributed by atoms with Crippen LogP contribution >= 0.6 is 0 Å². The highest BCUT2D eigenvalue weighted by molar-refractivity contribution is 5.79. The van der Waals surface area contributed by atoms with Gasteiger partial charge in [-0.15, -0.1) is 0 Å². The number of nitrogens with one attached hydrogen (secondary N) is 1. The van der Waals surface area contributed by atoms with Crippen LogP contribution in [0, 0.1) is 0 Å². The Balaban J connectivity index is 2.12. The van der Waals surface area contributed by atoms with Gasteiger partial charge in [0.2, 0.25) is 0 Å². The summed E-state index contributed by atoms with van der Waals surface area (Å²) in [6.07, 6.45) is 3.40. The number of hydrogen-bond donors (Lipinski definition) is 1. The number of para-hydroxylation sites is 1. The number of Topliss-reactive ketones (excluding diaryl/α,β-unsaturated/α-hetero) is 1. The zero-order valence-corrected chi connectivity index (χ0v) is 11.6. The number of carbonyl (C=O) groups excluding carboxylic acids is 1. The summed E-state index contributed by atoms with van der Waals surface area (Å²) < 4.78 is 0. The van der Waals surface area contributed by atoms with Gasteiger partial charge in [0.15, 0.2) is 0 Å². The van der Waals surface area contributed by atoms with Crippen LogP contribution in [0.5, 0.6) is 0 Å². The second-order valence-corrected chi connectivity index (χ2v) is 6.25. The van der Waals surface area contributed by atoms with E-state index in [9.17, 15) is 4.79 Å². The minimum Gasteiger partial charge on any atom is -0.382 e. The predicted octanol–water partition coefficient (Wildman–Crippen LogP) is 3.91. The molecule has 1 aliphatic rings. The topological polar surface area (TPSA) is 29.1 Å². The van der Waals surface area contributed by atoms with Crippen molar-refractivity contribution in [2.75, 3.05) is 5.32 Å². The minimum atomic E-state index is 0.147. The first kappa shape index (κ1) is 13.1. The molecule has 0 aliphatic heterocycles. The van der Waals surface area contributed by atoms with E-state index in [4.69, 9.17) is 0 Å². The lowest BCUT2D eigenvalue weighted by molar-refractivity contribution is -0.120. The summed E-state index contributed by atoms with van der Waals surface area (Å²) in [6.45, 7) is 6.70. The van der Waals surface area contributed by atoms with Gasteiger partial charge < -0.3 is 5.32 Å². The molecule has 0 heterocycles. The van der Waals surface area contributed by atoms with Crippen molar-refractivity contribution in [1.29, 1.82) is 0 Å². The van der Waals surface area contributed by atoms with Gasteiger partial charge in [0.1, 0.15) is 5.78 Å². The molecule has 1 N–H and O–H groups in total. The largest absolute Gasteiger partial charge is 0.382 e. The number of hydrogen-bond acceptors (Lipinski definition) is 2. The summed E-state index contributed by atoms with van der Waals surface area (Å²) in [5.74, 6) is 0.414. The first-order chi connectivity index (χ1) is 8.47. The molecule has 98 valence electrons.